The van der Waals surface area contributed by atoms with E-state index in [0.29, 0.717) is 6.07 Å². The van der Waals surface area contributed by atoms with Crippen molar-refractivity contribution in [3.63, 3.8) is 0 Å². The Kier molecular flexibility index (Phi) is 5.93. The minimum atomic E-state index is -4.78. The molecule has 0 N–H and O–H groups in total. The molecule has 0 heterocycles. The fourth-order valence-electron chi connectivity index (χ4n) is 3.12. The fraction of sp³-hybridized carbons (Fsp3) is 0.250. The summed E-state index contributed by atoms with van der Waals surface area (Å²) in [5, 5.41) is 1.57. The van der Waals surface area contributed by atoms with Crippen LogP contribution in [0.1, 0.15) is 47.6 Å². The molecule has 3 aromatic rings. The molecule has 0 saturated heterocycles. The van der Waals surface area contributed by atoms with Crippen molar-refractivity contribution in [3.05, 3.63) is 81.9 Å². The van der Waals surface area contributed by atoms with Gasteiger partial charge in [0.15, 0.2) is 0 Å². The standard InChI is InChI=1S/C24H19F5/c1-3-4-5-16-6-7-18-12-19(22(25)14-20(18)11-16)9-8-17-13-23(26)21(10-15(17)2)24(27,28)29/h6-7,10-14H,3-5H2,1-2H3. The maximum Gasteiger partial charge on any atom is 0.419 e. The largest absolute Gasteiger partial charge is 0.419 e. The molecule has 0 bridgehead atoms. The van der Waals surface area contributed by atoms with Gasteiger partial charge in [0.25, 0.3) is 0 Å². The summed E-state index contributed by atoms with van der Waals surface area (Å²) in [7, 11) is 0. The second kappa shape index (κ2) is 8.24. The van der Waals surface area contributed by atoms with Gasteiger partial charge >= 0.3 is 6.18 Å². The predicted molar refractivity (Wildman–Crippen MR) is 105 cm³/mol. The number of alkyl halides is 3. The highest BCUT2D eigenvalue weighted by Gasteiger charge is 2.34. The van der Waals surface area contributed by atoms with E-state index in [9.17, 15) is 22.0 Å². The lowest BCUT2D eigenvalue weighted by molar-refractivity contribution is -0.140. The predicted octanol–water partition coefficient (Wildman–Crippen LogP) is 7.19. The molecule has 3 aromatic carbocycles. The topological polar surface area (TPSA) is 0 Å². The van der Waals surface area contributed by atoms with Crippen molar-refractivity contribution in [2.75, 3.05) is 0 Å². The zero-order chi connectivity index (χ0) is 21.2. The van der Waals surface area contributed by atoms with E-state index in [0.717, 1.165) is 41.7 Å². The lowest BCUT2D eigenvalue weighted by Gasteiger charge is -2.10. The molecular formula is C24H19F5. The van der Waals surface area contributed by atoms with E-state index in [-0.39, 0.29) is 16.7 Å². The molecule has 5 heteroatoms. The number of benzene rings is 3. The van der Waals surface area contributed by atoms with Crippen LogP contribution in [0.3, 0.4) is 0 Å². The second-order valence-electron chi connectivity index (χ2n) is 7.01. The van der Waals surface area contributed by atoms with Gasteiger partial charge in [-0.3, -0.25) is 0 Å². The third kappa shape index (κ3) is 4.76. The van der Waals surface area contributed by atoms with Crippen molar-refractivity contribution >= 4 is 10.8 Å². The van der Waals surface area contributed by atoms with E-state index >= 15 is 0 Å². The highest BCUT2D eigenvalue weighted by atomic mass is 19.4. The van der Waals surface area contributed by atoms with Crippen LogP contribution in [0.25, 0.3) is 10.8 Å². The lowest BCUT2D eigenvalue weighted by Crippen LogP contribution is -2.09. The molecule has 0 amide bonds. The minimum absolute atomic E-state index is 0.0879. The number of hydrogen-bond acceptors (Lipinski definition) is 0. The minimum Gasteiger partial charge on any atom is -0.206 e. The van der Waals surface area contributed by atoms with E-state index in [4.69, 9.17) is 0 Å². The van der Waals surface area contributed by atoms with E-state index in [1.807, 2.05) is 18.2 Å². The van der Waals surface area contributed by atoms with Crippen LogP contribution in [0.4, 0.5) is 22.0 Å². The highest BCUT2D eigenvalue weighted by Crippen LogP contribution is 2.32. The number of fused-ring (bicyclic) bond motifs is 1. The lowest BCUT2D eigenvalue weighted by atomic mass is 10.0. The quantitative estimate of drug-likeness (QED) is 0.321. The molecule has 0 atom stereocenters. The average molecular weight is 402 g/mol. The Morgan fingerprint density at radius 2 is 1.55 bits per heavy atom. The number of halogens is 5. The van der Waals surface area contributed by atoms with Gasteiger partial charge in [-0.05, 0) is 65.9 Å². The van der Waals surface area contributed by atoms with Crippen molar-refractivity contribution < 1.29 is 22.0 Å². The first-order valence-electron chi connectivity index (χ1n) is 9.30. The van der Waals surface area contributed by atoms with Gasteiger partial charge in [-0.25, -0.2) is 8.78 Å². The number of unbranched alkanes of at least 4 members (excludes halogenated alkanes) is 1. The maximum atomic E-state index is 14.5. The Morgan fingerprint density at radius 1 is 0.828 bits per heavy atom. The first kappa shape index (κ1) is 20.9. The van der Waals surface area contributed by atoms with Crippen LogP contribution in [0.5, 0.6) is 0 Å². The van der Waals surface area contributed by atoms with Crippen LogP contribution in [0, 0.1) is 30.4 Å². The number of hydrogen-bond donors (Lipinski definition) is 0. The molecular weight excluding hydrogens is 383 g/mol. The molecule has 29 heavy (non-hydrogen) atoms. The Labute approximate surface area is 166 Å². The molecule has 0 saturated carbocycles. The van der Waals surface area contributed by atoms with Gasteiger partial charge < -0.3 is 0 Å². The smallest absolute Gasteiger partial charge is 0.206 e. The van der Waals surface area contributed by atoms with Gasteiger partial charge in [0.2, 0.25) is 0 Å². The normalized spacial score (nSPS) is 11.4. The van der Waals surface area contributed by atoms with Gasteiger partial charge in [-0.2, -0.15) is 13.2 Å². The van der Waals surface area contributed by atoms with Crippen molar-refractivity contribution in [3.8, 4) is 11.8 Å². The molecule has 0 spiro atoms. The van der Waals surface area contributed by atoms with E-state index in [1.54, 1.807) is 6.07 Å². The van der Waals surface area contributed by atoms with Crippen LogP contribution in [0.2, 0.25) is 0 Å². The van der Waals surface area contributed by atoms with E-state index in [2.05, 4.69) is 18.8 Å². The highest BCUT2D eigenvalue weighted by molar-refractivity contribution is 5.84. The van der Waals surface area contributed by atoms with Crippen molar-refractivity contribution in [1.82, 2.24) is 0 Å². The molecule has 0 aliphatic rings. The summed E-state index contributed by atoms with van der Waals surface area (Å²) >= 11 is 0. The maximum absolute atomic E-state index is 14.5. The molecule has 0 nitrogen and oxygen atoms in total. The summed E-state index contributed by atoms with van der Waals surface area (Å²) in [6.07, 6.45) is -1.72. The fourth-order valence-corrected chi connectivity index (χ4v) is 3.12. The van der Waals surface area contributed by atoms with E-state index < -0.39 is 23.4 Å². The molecule has 0 radical (unpaired) electrons. The molecule has 0 unspecified atom stereocenters. The van der Waals surface area contributed by atoms with Crippen LogP contribution < -0.4 is 0 Å². The van der Waals surface area contributed by atoms with Gasteiger partial charge in [-0.15, -0.1) is 0 Å². The third-order valence-corrected chi connectivity index (χ3v) is 4.76. The molecule has 150 valence electrons. The number of rotatable bonds is 3. The zero-order valence-electron chi connectivity index (χ0n) is 16.1. The zero-order valence-corrected chi connectivity index (χ0v) is 16.1. The van der Waals surface area contributed by atoms with E-state index in [1.165, 1.54) is 13.0 Å². The Morgan fingerprint density at radius 3 is 2.24 bits per heavy atom. The summed E-state index contributed by atoms with van der Waals surface area (Å²) in [6, 6.07) is 10.3. The van der Waals surface area contributed by atoms with Gasteiger partial charge in [0.1, 0.15) is 11.6 Å². The first-order chi connectivity index (χ1) is 13.7. The van der Waals surface area contributed by atoms with Crippen molar-refractivity contribution in [2.45, 2.75) is 39.3 Å². The summed E-state index contributed by atoms with van der Waals surface area (Å²) in [5.41, 5.74) is 0.168. The summed E-state index contributed by atoms with van der Waals surface area (Å²) in [4.78, 5) is 0. The van der Waals surface area contributed by atoms with Crippen LogP contribution in [-0.2, 0) is 12.6 Å². The van der Waals surface area contributed by atoms with Crippen molar-refractivity contribution in [2.24, 2.45) is 0 Å². The van der Waals surface area contributed by atoms with Gasteiger partial charge in [0.05, 0.1) is 11.1 Å². The van der Waals surface area contributed by atoms with Crippen LogP contribution in [0.15, 0.2) is 42.5 Å². The van der Waals surface area contributed by atoms with Crippen LogP contribution in [-0.4, -0.2) is 0 Å². The molecule has 0 aromatic heterocycles. The summed E-state index contributed by atoms with van der Waals surface area (Å²) < 4.78 is 66.6. The molecule has 0 fully saturated rings. The Hall–Kier alpha value is -2.87. The summed E-state index contributed by atoms with van der Waals surface area (Å²) in [5.74, 6) is 3.30. The molecule has 0 aliphatic carbocycles. The molecule has 3 rings (SSSR count). The van der Waals surface area contributed by atoms with Crippen LogP contribution >= 0.6 is 0 Å². The Balaban J connectivity index is 1.96. The van der Waals surface area contributed by atoms with Crippen molar-refractivity contribution in [1.29, 1.82) is 0 Å². The van der Waals surface area contributed by atoms with Gasteiger partial charge in [0, 0.05) is 5.56 Å². The SMILES string of the molecule is CCCCc1ccc2cc(C#Cc3cc(F)c(C(F)(F)F)cc3C)c(F)cc2c1. The first-order valence-corrected chi connectivity index (χ1v) is 9.30. The molecule has 0 aliphatic heterocycles. The third-order valence-electron chi connectivity index (χ3n) is 4.76. The van der Waals surface area contributed by atoms with Gasteiger partial charge in [-0.1, -0.05) is 43.4 Å². The monoisotopic (exact) mass is 402 g/mol. The Bertz CT molecular complexity index is 1110. The average Bonchev–Trinajstić information content (AvgIpc) is 2.65. The summed E-state index contributed by atoms with van der Waals surface area (Å²) in [6.45, 7) is 3.52. The number of aryl methyl sites for hydroxylation is 2. The second-order valence-corrected chi connectivity index (χ2v) is 7.01.